The maximum atomic E-state index is 12.1. The van der Waals surface area contributed by atoms with E-state index in [9.17, 15) is 9.59 Å². The molecule has 19 heavy (non-hydrogen) atoms. The number of hydrogen-bond donors (Lipinski definition) is 1. The summed E-state index contributed by atoms with van der Waals surface area (Å²) in [6, 6.07) is -0.164. The van der Waals surface area contributed by atoms with Crippen molar-refractivity contribution in [3.63, 3.8) is 0 Å². The van der Waals surface area contributed by atoms with Crippen LogP contribution in [0.25, 0.3) is 0 Å². The number of aliphatic carboxylic acids is 1. The van der Waals surface area contributed by atoms with E-state index in [1.54, 1.807) is 18.9 Å². The summed E-state index contributed by atoms with van der Waals surface area (Å²) in [5.41, 5.74) is 0. The van der Waals surface area contributed by atoms with Crippen LogP contribution in [0.5, 0.6) is 0 Å². The number of likely N-dealkylation sites (N-methyl/N-ethyl adjacent to an activating group) is 1. The lowest BCUT2D eigenvalue weighted by Crippen LogP contribution is -2.45. The second kappa shape index (κ2) is 8.74. The summed E-state index contributed by atoms with van der Waals surface area (Å²) in [7, 11) is 1.69. The maximum absolute atomic E-state index is 12.1. The van der Waals surface area contributed by atoms with Crippen LogP contribution in [0.3, 0.4) is 0 Å². The lowest BCUT2D eigenvalue weighted by Gasteiger charge is -2.28. The predicted octanol–water partition coefficient (Wildman–Crippen LogP) is 1.51. The van der Waals surface area contributed by atoms with Gasteiger partial charge in [-0.1, -0.05) is 6.92 Å². The van der Waals surface area contributed by atoms with E-state index in [4.69, 9.17) is 9.84 Å². The highest BCUT2D eigenvalue weighted by molar-refractivity contribution is 5.75. The van der Waals surface area contributed by atoms with Crippen LogP contribution in [0, 0.1) is 5.92 Å². The molecule has 0 aliphatic rings. The summed E-state index contributed by atoms with van der Waals surface area (Å²) in [6.45, 7) is 9.00. The smallest absolute Gasteiger partial charge is 0.319 e. The van der Waals surface area contributed by atoms with E-state index in [0.29, 0.717) is 19.7 Å². The quantitative estimate of drug-likeness (QED) is 0.728. The number of urea groups is 1. The topological polar surface area (TPSA) is 70.1 Å². The van der Waals surface area contributed by atoms with E-state index in [1.165, 1.54) is 4.90 Å². The molecule has 0 aromatic carbocycles. The normalized spacial score (nSPS) is 12.3. The molecule has 6 heteroatoms. The Morgan fingerprint density at radius 2 is 1.84 bits per heavy atom. The van der Waals surface area contributed by atoms with Gasteiger partial charge in [0.15, 0.2) is 0 Å². The van der Waals surface area contributed by atoms with Gasteiger partial charge in [0.2, 0.25) is 0 Å². The van der Waals surface area contributed by atoms with Crippen LogP contribution in [-0.4, -0.2) is 66.3 Å². The summed E-state index contributed by atoms with van der Waals surface area (Å²) < 4.78 is 5.39. The number of hydrogen-bond acceptors (Lipinski definition) is 3. The molecule has 0 aliphatic heterocycles. The Morgan fingerprint density at radius 1 is 1.26 bits per heavy atom. The van der Waals surface area contributed by atoms with Crippen molar-refractivity contribution >= 4 is 12.0 Å². The SMILES string of the molecule is CCN(CC(C)C(=O)O)C(=O)N(C)CCOC(C)C. The van der Waals surface area contributed by atoms with Gasteiger partial charge < -0.3 is 19.6 Å². The number of carboxylic acid groups (broad SMARTS) is 1. The van der Waals surface area contributed by atoms with Gasteiger partial charge in [0.1, 0.15) is 0 Å². The first-order valence-corrected chi connectivity index (χ1v) is 6.64. The van der Waals surface area contributed by atoms with E-state index >= 15 is 0 Å². The molecule has 112 valence electrons. The van der Waals surface area contributed by atoms with E-state index in [2.05, 4.69) is 0 Å². The van der Waals surface area contributed by atoms with Crippen molar-refractivity contribution in [2.45, 2.75) is 33.8 Å². The average Bonchev–Trinajstić information content (AvgIpc) is 2.33. The number of carbonyl (C=O) groups excluding carboxylic acids is 1. The largest absolute Gasteiger partial charge is 0.481 e. The van der Waals surface area contributed by atoms with E-state index in [-0.39, 0.29) is 18.7 Å². The predicted molar refractivity (Wildman–Crippen MR) is 73.2 cm³/mol. The van der Waals surface area contributed by atoms with Gasteiger partial charge in [0, 0.05) is 26.7 Å². The molecule has 6 nitrogen and oxygen atoms in total. The van der Waals surface area contributed by atoms with Gasteiger partial charge >= 0.3 is 12.0 Å². The Hall–Kier alpha value is -1.30. The molecular weight excluding hydrogens is 248 g/mol. The number of nitrogens with zero attached hydrogens (tertiary/aromatic N) is 2. The number of ether oxygens (including phenoxy) is 1. The van der Waals surface area contributed by atoms with Crippen molar-refractivity contribution < 1.29 is 19.4 Å². The third-order valence-electron chi connectivity index (χ3n) is 2.77. The average molecular weight is 274 g/mol. The molecule has 0 rings (SSSR count). The van der Waals surface area contributed by atoms with Crippen molar-refractivity contribution in [1.29, 1.82) is 0 Å². The van der Waals surface area contributed by atoms with Crippen LogP contribution >= 0.6 is 0 Å². The lowest BCUT2D eigenvalue weighted by atomic mass is 10.2. The fourth-order valence-corrected chi connectivity index (χ4v) is 1.51. The molecule has 0 aromatic rings. The minimum Gasteiger partial charge on any atom is -0.481 e. The summed E-state index contributed by atoms with van der Waals surface area (Å²) in [5.74, 6) is -1.46. The minimum absolute atomic E-state index is 0.137. The zero-order valence-electron chi connectivity index (χ0n) is 12.5. The molecule has 1 N–H and O–H groups in total. The van der Waals surface area contributed by atoms with Crippen LogP contribution in [0.4, 0.5) is 4.79 Å². The zero-order chi connectivity index (χ0) is 15.0. The Kier molecular flexibility index (Phi) is 8.14. The summed E-state index contributed by atoms with van der Waals surface area (Å²) in [5, 5.41) is 8.88. The van der Waals surface area contributed by atoms with Crippen molar-refractivity contribution in [1.82, 2.24) is 9.80 Å². The van der Waals surface area contributed by atoms with Crippen LogP contribution in [-0.2, 0) is 9.53 Å². The molecule has 0 saturated heterocycles. The van der Waals surface area contributed by atoms with Crippen molar-refractivity contribution in [2.75, 3.05) is 33.3 Å². The van der Waals surface area contributed by atoms with Gasteiger partial charge in [0.05, 0.1) is 18.6 Å². The monoisotopic (exact) mass is 274 g/mol. The fourth-order valence-electron chi connectivity index (χ4n) is 1.51. The highest BCUT2D eigenvalue weighted by Crippen LogP contribution is 2.04. The second-order valence-corrected chi connectivity index (χ2v) is 4.90. The maximum Gasteiger partial charge on any atom is 0.319 e. The van der Waals surface area contributed by atoms with Crippen LogP contribution in [0.2, 0.25) is 0 Å². The summed E-state index contributed by atoms with van der Waals surface area (Å²) >= 11 is 0. The van der Waals surface area contributed by atoms with Crippen molar-refractivity contribution in [3.05, 3.63) is 0 Å². The molecule has 0 aliphatic carbocycles. The van der Waals surface area contributed by atoms with Gasteiger partial charge in [-0.2, -0.15) is 0 Å². The molecule has 0 heterocycles. The fraction of sp³-hybridized carbons (Fsp3) is 0.846. The molecule has 0 spiro atoms. The molecule has 1 atom stereocenters. The first kappa shape index (κ1) is 17.7. The molecule has 0 aromatic heterocycles. The molecule has 0 fully saturated rings. The van der Waals surface area contributed by atoms with Crippen LogP contribution < -0.4 is 0 Å². The molecule has 2 amide bonds. The number of rotatable bonds is 8. The third-order valence-corrected chi connectivity index (χ3v) is 2.77. The zero-order valence-corrected chi connectivity index (χ0v) is 12.5. The van der Waals surface area contributed by atoms with E-state index in [1.807, 2.05) is 20.8 Å². The van der Waals surface area contributed by atoms with Crippen molar-refractivity contribution in [2.24, 2.45) is 5.92 Å². The Balaban J connectivity index is 4.29. The second-order valence-electron chi connectivity index (χ2n) is 4.90. The highest BCUT2D eigenvalue weighted by atomic mass is 16.5. The third kappa shape index (κ3) is 7.00. The standard InChI is InChI=1S/C13H26N2O4/c1-6-15(9-11(4)12(16)17)13(18)14(5)7-8-19-10(2)3/h10-11H,6-9H2,1-5H3,(H,16,17). The van der Waals surface area contributed by atoms with Gasteiger partial charge in [0.25, 0.3) is 0 Å². The number of carboxylic acids is 1. The lowest BCUT2D eigenvalue weighted by molar-refractivity contribution is -0.141. The molecule has 1 unspecified atom stereocenters. The van der Waals surface area contributed by atoms with E-state index in [0.717, 1.165) is 0 Å². The number of amides is 2. The first-order valence-electron chi connectivity index (χ1n) is 6.64. The minimum atomic E-state index is -0.892. The molecule has 0 bridgehead atoms. The molecular formula is C13H26N2O4. The van der Waals surface area contributed by atoms with Gasteiger partial charge in [-0.25, -0.2) is 4.79 Å². The Morgan fingerprint density at radius 3 is 2.26 bits per heavy atom. The van der Waals surface area contributed by atoms with Crippen LogP contribution in [0.1, 0.15) is 27.7 Å². The Bertz CT molecular complexity index is 294. The van der Waals surface area contributed by atoms with Crippen molar-refractivity contribution in [3.8, 4) is 0 Å². The van der Waals surface area contributed by atoms with E-state index < -0.39 is 11.9 Å². The van der Waals surface area contributed by atoms with Crippen LogP contribution in [0.15, 0.2) is 0 Å². The van der Waals surface area contributed by atoms with Gasteiger partial charge in [-0.3, -0.25) is 4.79 Å². The molecule has 0 saturated carbocycles. The number of carbonyl (C=O) groups is 2. The van der Waals surface area contributed by atoms with Gasteiger partial charge in [-0.05, 0) is 20.8 Å². The Labute approximate surface area is 115 Å². The summed E-state index contributed by atoms with van der Waals surface area (Å²) in [4.78, 5) is 26.0. The first-order chi connectivity index (χ1) is 8.79. The molecule has 0 radical (unpaired) electrons. The highest BCUT2D eigenvalue weighted by Gasteiger charge is 2.21. The van der Waals surface area contributed by atoms with Gasteiger partial charge in [-0.15, -0.1) is 0 Å². The summed E-state index contributed by atoms with van der Waals surface area (Å²) in [6.07, 6.45) is 0.137.